The summed E-state index contributed by atoms with van der Waals surface area (Å²) in [5.41, 5.74) is -1.30. The molecule has 170 valence electrons. The fraction of sp³-hybridized carbons (Fsp3) is 0.381. The van der Waals surface area contributed by atoms with Crippen LogP contribution in [0.1, 0.15) is 39.8 Å². The number of ether oxygens (including phenoxy) is 1. The zero-order valence-electron chi connectivity index (χ0n) is 17.4. The number of aromatic nitrogens is 1. The number of phenolic OH excluding ortho intramolecular Hbond substituents is 1. The molecule has 1 fully saturated rings. The minimum atomic E-state index is -0.978. The fourth-order valence-corrected chi connectivity index (χ4v) is 3.95. The van der Waals surface area contributed by atoms with Crippen molar-refractivity contribution in [3.63, 3.8) is 0 Å². The first kappa shape index (κ1) is 21.6. The Morgan fingerprint density at radius 2 is 2.09 bits per heavy atom. The first-order chi connectivity index (χ1) is 15.3. The minimum absolute atomic E-state index is 0.172. The molecule has 1 aromatic heterocycles. The van der Waals surface area contributed by atoms with E-state index in [2.05, 4.69) is 5.32 Å². The molecule has 0 bridgehead atoms. The molecule has 0 spiro atoms. The van der Waals surface area contributed by atoms with E-state index >= 15 is 0 Å². The second-order valence-corrected chi connectivity index (χ2v) is 7.59. The number of hydrogen-bond acceptors (Lipinski definition) is 7. The van der Waals surface area contributed by atoms with E-state index in [-0.39, 0.29) is 35.7 Å². The summed E-state index contributed by atoms with van der Waals surface area (Å²) in [5, 5.41) is 24.6. The highest BCUT2D eigenvalue weighted by molar-refractivity contribution is 5.99. The third kappa shape index (κ3) is 3.64. The number of benzene rings is 1. The summed E-state index contributed by atoms with van der Waals surface area (Å²) in [5.74, 6) is -3.10. The molecule has 0 radical (unpaired) electrons. The number of rotatable bonds is 5. The van der Waals surface area contributed by atoms with Crippen LogP contribution in [0.5, 0.6) is 11.5 Å². The maximum absolute atomic E-state index is 13.2. The third-order valence-electron chi connectivity index (χ3n) is 5.54. The lowest BCUT2D eigenvalue weighted by atomic mass is 10.1. The summed E-state index contributed by atoms with van der Waals surface area (Å²) in [7, 11) is 0. The average molecular weight is 446 g/mol. The molecule has 2 aliphatic rings. The number of amides is 2. The standard InChI is InChI=1S/C21H23FN4O6/c1-2-5-25-16-11-32-7-6-24(16)21(31)17-19(29)18(28)14(10-26(17)25)20(30)23-9-12-3-4-13(22)8-15(12)27/h3-4,8,10,16,27,29H,2,5-7,9,11H2,1H3,(H,23,30)/t16-/m1/s1. The van der Waals surface area contributed by atoms with E-state index in [1.807, 2.05) is 6.92 Å². The lowest BCUT2D eigenvalue weighted by Crippen LogP contribution is -2.65. The van der Waals surface area contributed by atoms with Crippen LogP contribution in [0.4, 0.5) is 4.39 Å². The molecule has 0 aliphatic carbocycles. The van der Waals surface area contributed by atoms with Gasteiger partial charge in [0.15, 0.2) is 11.4 Å². The normalized spacial score (nSPS) is 17.7. The van der Waals surface area contributed by atoms with E-state index in [1.165, 1.54) is 16.9 Å². The summed E-state index contributed by atoms with van der Waals surface area (Å²) in [6.45, 7) is 3.18. The molecular formula is C21H23FN4O6. The van der Waals surface area contributed by atoms with Gasteiger partial charge in [-0.15, -0.1) is 0 Å². The summed E-state index contributed by atoms with van der Waals surface area (Å²) in [6.07, 6.45) is 1.50. The highest BCUT2D eigenvalue weighted by Crippen LogP contribution is 2.26. The average Bonchev–Trinajstić information content (AvgIpc) is 2.77. The van der Waals surface area contributed by atoms with Gasteiger partial charge in [-0.3, -0.25) is 24.1 Å². The molecule has 2 amide bonds. The van der Waals surface area contributed by atoms with Crippen molar-refractivity contribution >= 4 is 11.8 Å². The summed E-state index contributed by atoms with van der Waals surface area (Å²) in [4.78, 5) is 40.0. The molecule has 0 saturated carbocycles. The lowest BCUT2D eigenvalue weighted by molar-refractivity contribution is -0.0171. The van der Waals surface area contributed by atoms with Gasteiger partial charge in [-0.25, -0.2) is 4.39 Å². The van der Waals surface area contributed by atoms with Gasteiger partial charge in [-0.2, -0.15) is 0 Å². The zero-order chi connectivity index (χ0) is 23.0. The fourth-order valence-electron chi connectivity index (χ4n) is 3.95. The van der Waals surface area contributed by atoms with Gasteiger partial charge in [-0.1, -0.05) is 13.0 Å². The maximum Gasteiger partial charge on any atom is 0.278 e. The quantitative estimate of drug-likeness (QED) is 0.611. The Morgan fingerprint density at radius 3 is 2.81 bits per heavy atom. The summed E-state index contributed by atoms with van der Waals surface area (Å²) in [6, 6.07) is 3.35. The van der Waals surface area contributed by atoms with Crippen LogP contribution in [-0.2, 0) is 11.3 Å². The highest BCUT2D eigenvalue weighted by atomic mass is 19.1. The molecule has 2 aromatic rings. The van der Waals surface area contributed by atoms with Gasteiger partial charge in [0.2, 0.25) is 5.43 Å². The van der Waals surface area contributed by atoms with E-state index in [9.17, 15) is 29.0 Å². The van der Waals surface area contributed by atoms with Crippen LogP contribution >= 0.6 is 0 Å². The van der Waals surface area contributed by atoms with Gasteiger partial charge in [0, 0.05) is 37.5 Å². The molecular weight excluding hydrogens is 423 g/mol. The van der Waals surface area contributed by atoms with Gasteiger partial charge >= 0.3 is 0 Å². The van der Waals surface area contributed by atoms with Gasteiger partial charge in [0.05, 0.1) is 13.2 Å². The van der Waals surface area contributed by atoms with Crippen molar-refractivity contribution in [3.8, 4) is 11.5 Å². The monoisotopic (exact) mass is 446 g/mol. The summed E-state index contributed by atoms with van der Waals surface area (Å²) >= 11 is 0. The SMILES string of the molecule is CCCN1[C@@H]2COCCN2C(=O)c2c(O)c(=O)c(C(=O)NCc3ccc(F)cc3O)cn21. The van der Waals surface area contributed by atoms with Crippen molar-refractivity contribution in [2.45, 2.75) is 26.1 Å². The number of aromatic hydroxyl groups is 2. The lowest BCUT2D eigenvalue weighted by Gasteiger charge is -2.48. The predicted octanol–water partition coefficient (Wildman–Crippen LogP) is 0.489. The number of halogens is 1. The van der Waals surface area contributed by atoms with Crippen LogP contribution in [0.25, 0.3) is 0 Å². The largest absolute Gasteiger partial charge is 0.507 e. The van der Waals surface area contributed by atoms with E-state index in [1.54, 1.807) is 9.91 Å². The molecule has 11 heteroatoms. The number of carbonyl (C=O) groups excluding carboxylic acids is 2. The number of fused-ring (bicyclic) bond motifs is 2. The Balaban J connectivity index is 1.70. The van der Waals surface area contributed by atoms with Crippen LogP contribution in [0, 0.1) is 5.82 Å². The first-order valence-corrected chi connectivity index (χ1v) is 10.2. The second-order valence-electron chi connectivity index (χ2n) is 7.59. The van der Waals surface area contributed by atoms with Crippen molar-refractivity contribution in [3.05, 3.63) is 57.3 Å². The molecule has 1 saturated heterocycles. The topological polar surface area (TPSA) is 124 Å². The number of morpholine rings is 1. The zero-order valence-corrected chi connectivity index (χ0v) is 17.4. The van der Waals surface area contributed by atoms with E-state index < -0.39 is 35.0 Å². The number of pyridine rings is 1. The molecule has 3 N–H and O–H groups in total. The molecule has 0 unspecified atom stereocenters. The van der Waals surface area contributed by atoms with Crippen LogP contribution in [0.15, 0.2) is 29.2 Å². The second kappa shape index (κ2) is 8.50. The number of hydrogen-bond donors (Lipinski definition) is 3. The highest BCUT2D eigenvalue weighted by Gasteiger charge is 2.41. The summed E-state index contributed by atoms with van der Waals surface area (Å²) < 4.78 is 20.0. The molecule has 10 nitrogen and oxygen atoms in total. The van der Waals surface area contributed by atoms with Crippen LogP contribution in [0.3, 0.4) is 0 Å². The third-order valence-corrected chi connectivity index (χ3v) is 5.54. The van der Waals surface area contributed by atoms with Crippen molar-refractivity contribution in [2.75, 3.05) is 31.3 Å². The molecule has 4 rings (SSSR count). The molecule has 1 atom stereocenters. The maximum atomic E-state index is 13.2. The van der Waals surface area contributed by atoms with Crippen LogP contribution < -0.4 is 15.8 Å². The van der Waals surface area contributed by atoms with Gasteiger partial charge in [0.1, 0.15) is 23.3 Å². The number of nitrogens with one attached hydrogen (secondary N) is 1. The Kier molecular flexibility index (Phi) is 5.74. The molecule has 3 heterocycles. The predicted molar refractivity (Wildman–Crippen MR) is 111 cm³/mol. The van der Waals surface area contributed by atoms with Crippen LogP contribution in [-0.4, -0.2) is 64.1 Å². The Bertz CT molecular complexity index is 1130. The minimum Gasteiger partial charge on any atom is -0.507 e. The van der Waals surface area contributed by atoms with Crippen LogP contribution in [0.2, 0.25) is 0 Å². The van der Waals surface area contributed by atoms with Gasteiger partial charge in [-0.05, 0) is 12.5 Å². The van der Waals surface area contributed by atoms with Crippen molar-refractivity contribution < 1.29 is 28.9 Å². The number of carbonyl (C=O) groups is 2. The molecule has 1 aromatic carbocycles. The number of phenols is 1. The number of nitrogens with zero attached hydrogens (tertiary/aromatic N) is 3. The molecule has 2 aliphatic heterocycles. The molecule has 32 heavy (non-hydrogen) atoms. The Morgan fingerprint density at radius 1 is 1.31 bits per heavy atom. The smallest absolute Gasteiger partial charge is 0.278 e. The van der Waals surface area contributed by atoms with Crippen molar-refractivity contribution in [1.82, 2.24) is 14.9 Å². The Labute approximate surface area is 182 Å². The van der Waals surface area contributed by atoms with Gasteiger partial charge < -0.3 is 25.2 Å². The van der Waals surface area contributed by atoms with E-state index in [4.69, 9.17) is 4.74 Å². The Hall–Kier alpha value is -3.60. The first-order valence-electron chi connectivity index (χ1n) is 10.2. The van der Waals surface area contributed by atoms with Crippen molar-refractivity contribution in [2.24, 2.45) is 0 Å². The van der Waals surface area contributed by atoms with E-state index in [0.717, 1.165) is 12.1 Å². The van der Waals surface area contributed by atoms with E-state index in [0.29, 0.717) is 26.1 Å². The van der Waals surface area contributed by atoms with Crippen molar-refractivity contribution in [1.29, 1.82) is 0 Å². The van der Waals surface area contributed by atoms with Gasteiger partial charge in [0.25, 0.3) is 11.8 Å².